The van der Waals surface area contributed by atoms with Crippen LogP contribution < -0.4 is 15.1 Å². The zero-order chi connectivity index (χ0) is 21.6. The molecular formula is C22H30N6O2S. The van der Waals surface area contributed by atoms with E-state index in [2.05, 4.69) is 49.3 Å². The molecule has 3 heterocycles. The molecule has 9 heteroatoms. The highest BCUT2D eigenvalue weighted by Gasteiger charge is 2.20. The van der Waals surface area contributed by atoms with Crippen molar-refractivity contribution in [2.45, 2.75) is 12.1 Å². The summed E-state index contributed by atoms with van der Waals surface area (Å²) < 4.78 is 5.44. The van der Waals surface area contributed by atoms with Crippen LogP contribution in [-0.4, -0.2) is 85.9 Å². The normalized spacial score (nSPS) is 17.6. The van der Waals surface area contributed by atoms with Crippen LogP contribution in [0.3, 0.4) is 0 Å². The number of carbonyl (C=O) groups excluding carboxylic acids is 1. The molecular weight excluding hydrogens is 412 g/mol. The van der Waals surface area contributed by atoms with E-state index in [4.69, 9.17) is 9.72 Å². The molecule has 0 aliphatic carbocycles. The maximum atomic E-state index is 11.4. The zero-order valence-electron chi connectivity index (χ0n) is 18.2. The fraction of sp³-hybridized carbons (Fsp3) is 0.500. The first-order chi connectivity index (χ1) is 15.1. The van der Waals surface area contributed by atoms with Crippen molar-refractivity contribution >= 4 is 40.6 Å². The number of benzene rings is 1. The molecule has 0 amide bonds. The maximum absolute atomic E-state index is 11.4. The van der Waals surface area contributed by atoms with Gasteiger partial charge in [0.25, 0.3) is 0 Å². The third-order valence-electron chi connectivity index (χ3n) is 5.53. The number of carbonyl (C=O) groups is 1. The summed E-state index contributed by atoms with van der Waals surface area (Å²) in [5.74, 6) is 1.93. The van der Waals surface area contributed by atoms with Crippen molar-refractivity contribution in [3.05, 3.63) is 30.3 Å². The summed E-state index contributed by atoms with van der Waals surface area (Å²) in [4.78, 5) is 27.5. The molecule has 0 unspecified atom stereocenters. The van der Waals surface area contributed by atoms with Crippen molar-refractivity contribution in [1.29, 1.82) is 0 Å². The fourth-order valence-corrected chi connectivity index (χ4v) is 4.28. The van der Waals surface area contributed by atoms with E-state index in [0.717, 1.165) is 75.0 Å². The summed E-state index contributed by atoms with van der Waals surface area (Å²) in [5.41, 5.74) is 2.21. The first-order valence-electron chi connectivity index (χ1n) is 10.7. The second-order valence-electron chi connectivity index (χ2n) is 7.83. The second kappa shape index (κ2) is 10.3. The lowest BCUT2D eigenvalue weighted by molar-refractivity contribution is -0.118. The first-order valence-corrected chi connectivity index (χ1v) is 11.9. The minimum Gasteiger partial charge on any atom is -0.378 e. The summed E-state index contributed by atoms with van der Waals surface area (Å²) in [5, 5.41) is 4.18. The molecule has 2 aromatic rings. The summed E-state index contributed by atoms with van der Waals surface area (Å²) in [6, 6.07) is 10.5. The third-order valence-corrected chi connectivity index (χ3v) is 6.08. The Labute approximate surface area is 188 Å². The number of ether oxygens (including phenoxy) is 1. The lowest BCUT2D eigenvalue weighted by atomic mass is 10.2. The Bertz CT molecular complexity index is 880. The number of nitrogens with one attached hydrogen (secondary N) is 1. The molecule has 2 aliphatic rings. The van der Waals surface area contributed by atoms with E-state index in [-0.39, 0.29) is 5.78 Å². The van der Waals surface area contributed by atoms with E-state index in [1.807, 2.05) is 12.3 Å². The number of aromatic nitrogens is 2. The average Bonchev–Trinajstić information content (AvgIpc) is 2.80. The number of morpholine rings is 1. The number of anilines is 4. The van der Waals surface area contributed by atoms with Gasteiger partial charge in [-0.1, -0.05) is 11.8 Å². The number of hydrogen-bond acceptors (Lipinski definition) is 9. The van der Waals surface area contributed by atoms with E-state index < -0.39 is 0 Å². The van der Waals surface area contributed by atoms with Gasteiger partial charge >= 0.3 is 0 Å². The molecule has 0 radical (unpaired) electrons. The van der Waals surface area contributed by atoms with Crippen LogP contribution in [0, 0.1) is 0 Å². The Morgan fingerprint density at radius 3 is 2.39 bits per heavy atom. The van der Waals surface area contributed by atoms with Gasteiger partial charge in [-0.15, -0.1) is 0 Å². The molecule has 1 aromatic heterocycles. The Hall–Kier alpha value is -2.36. The molecule has 0 saturated carbocycles. The van der Waals surface area contributed by atoms with E-state index in [0.29, 0.717) is 6.54 Å². The number of ketones is 1. The van der Waals surface area contributed by atoms with Crippen molar-refractivity contribution in [2.75, 3.05) is 80.4 Å². The topological polar surface area (TPSA) is 73.8 Å². The van der Waals surface area contributed by atoms with Gasteiger partial charge in [0.2, 0.25) is 0 Å². The van der Waals surface area contributed by atoms with Crippen LogP contribution in [0.1, 0.15) is 6.92 Å². The van der Waals surface area contributed by atoms with Crippen molar-refractivity contribution < 1.29 is 9.53 Å². The molecule has 0 atom stereocenters. The number of Topliss-reactive ketones (excluding diaryl/α,β-unsaturated/α-hetero) is 1. The summed E-state index contributed by atoms with van der Waals surface area (Å²) in [6.07, 6.45) is 1.99. The zero-order valence-corrected chi connectivity index (χ0v) is 19.0. The molecule has 166 valence electrons. The van der Waals surface area contributed by atoms with Crippen molar-refractivity contribution in [3.8, 4) is 0 Å². The minimum atomic E-state index is 0.214. The highest BCUT2D eigenvalue weighted by Crippen LogP contribution is 2.25. The van der Waals surface area contributed by atoms with E-state index in [9.17, 15) is 4.79 Å². The van der Waals surface area contributed by atoms with Crippen LogP contribution in [0.5, 0.6) is 0 Å². The lowest BCUT2D eigenvalue weighted by Crippen LogP contribution is -2.48. The van der Waals surface area contributed by atoms with Crippen LogP contribution in [0.4, 0.5) is 23.0 Å². The molecule has 0 spiro atoms. The molecule has 0 bridgehead atoms. The molecule has 1 aromatic carbocycles. The summed E-state index contributed by atoms with van der Waals surface area (Å²) in [7, 11) is 0. The summed E-state index contributed by atoms with van der Waals surface area (Å²) >= 11 is 1.54. The molecule has 8 nitrogen and oxygen atoms in total. The monoisotopic (exact) mass is 442 g/mol. The smallest absolute Gasteiger partial charge is 0.191 e. The molecule has 4 rings (SSSR count). The minimum absolute atomic E-state index is 0.214. The SMILES string of the molecule is CSc1nc(Nc2ccc(N3CCOCC3)cc2)cc(N2CCN(CC(C)=O)CC2)n1. The van der Waals surface area contributed by atoms with Crippen molar-refractivity contribution in [3.63, 3.8) is 0 Å². The van der Waals surface area contributed by atoms with Crippen LogP contribution >= 0.6 is 11.8 Å². The predicted molar refractivity (Wildman–Crippen MR) is 126 cm³/mol. The molecule has 2 saturated heterocycles. The van der Waals surface area contributed by atoms with Gasteiger partial charge in [0.1, 0.15) is 17.4 Å². The van der Waals surface area contributed by atoms with Crippen molar-refractivity contribution in [2.24, 2.45) is 0 Å². The van der Waals surface area contributed by atoms with E-state index in [1.165, 1.54) is 17.4 Å². The van der Waals surface area contributed by atoms with Gasteiger partial charge in [0.15, 0.2) is 5.16 Å². The first kappa shape index (κ1) is 21.9. The maximum Gasteiger partial charge on any atom is 0.191 e. The number of rotatable bonds is 7. The van der Waals surface area contributed by atoms with E-state index in [1.54, 1.807) is 6.92 Å². The standard InChI is InChI=1S/C22H30N6O2S/c1-17(29)16-26-7-9-28(10-8-26)21-15-20(24-22(25-21)31-2)23-18-3-5-19(6-4-18)27-11-13-30-14-12-27/h3-6,15H,7-14,16H2,1-2H3,(H,23,24,25). The highest BCUT2D eigenvalue weighted by molar-refractivity contribution is 7.98. The number of piperazine rings is 1. The number of hydrogen-bond donors (Lipinski definition) is 1. The Balaban J connectivity index is 1.43. The number of thioether (sulfide) groups is 1. The van der Waals surface area contributed by atoms with Crippen LogP contribution in [0.25, 0.3) is 0 Å². The Kier molecular flexibility index (Phi) is 7.26. The fourth-order valence-electron chi connectivity index (χ4n) is 3.91. The quantitative estimate of drug-likeness (QED) is 0.514. The van der Waals surface area contributed by atoms with Gasteiger partial charge in [0.05, 0.1) is 19.8 Å². The second-order valence-corrected chi connectivity index (χ2v) is 8.61. The Morgan fingerprint density at radius 2 is 1.74 bits per heavy atom. The molecule has 31 heavy (non-hydrogen) atoms. The number of nitrogens with zero attached hydrogens (tertiary/aromatic N) is 5. The lowest BCUT2D eigenvalue weighted by Gasteiger charge is -2.35. The third kappa shape index (κ3) is 5.87. The van der Waals surface area contributed by atoms with Crippen LogP contribution in [0.2, 0.25) is 0 Å². The van der Waals surface area contributed by atoms with Gasteiger partial charge in [-0.2, -0.15) is 0 Å². The van der Waals surface area contributed by atoms with Crippen LogP contribution in [0.15, 0.2) is 35.5 Å². The largest absolute Gasteiger partial charge is 0.378 e. The Morgan fingerprint density at radius 1 is 1.03 bits per heavy atom. The van der Waals surface area contributed by atoms with E-state index >= 15 is 0 Å². The average molecular weight is 443 g/mol. The van der Waals surface area contributed by atoms with Crippen LogP contribution in [-0.2, 0) is 9.53 Å². The van der Waals surface area contributed by atoms with Gasteiger partial charge < -0.3 is 19.9 Å². The van der Waals surface area contributed by atoms with Gasteiger partial charge in [-0.25, -0.2) is 9.97 Å². The molecule has 1 N–H and O–H groups in total. The van der Waals surface area contributed by atoms with Crippen molar-refractivity contribution in [1.82, 2.24) is 14.9 Å². The van der Waals surface area contributed by atoms with Gasteiger partial charge in [0, 0.05) is 56.7 Å². The summed E-state index contributed by atoms with van der Waals surface area (Å²) in [6.45, 7) is 9.03. The van der Waals surface area contributed by atoms with Gasteiger partial charge in [-0.3, -0.25) is 9.69 Å². The molecule has 2 fully saturated rings. The van der Waals surface area contributed by atoms with Gasteiger partial charge in [-0.05, 0) is 37.4 Å². The highest BCUT2D eigenvalue weighted by atomic mass is 32.2. The molecule has 2 aliphatic heterocycles. The predicted octanol–water partition coefficient (Wildman–Crippen LogP) is 2.49.